The summed E-state index contributed by atoms with van der Waals surface area (Å²) in [6.07, 6.45) is 8.95. The normalized spacial score (nSPS) is 11.6. The van der Waals surface area contributed by atoms with Crippen LogP contribution in [0.15, 0.2) is 67.4 Å². The van der Waals surface area contributed by atoms with Gasteiger partial charge in [-0.1, -0.05) is 0 Å². The molecule has 0 amide bonds. The Balaban J connectivity index is 1.41. The first-order chi connectivity index (χ1) is 18.5. The van der Waals surface area contributed by atoms with Gasteiger partial charge in [-0.2, -0.15) is 5.10 Å². The molecule has 9 heteroatoms. The second-order valence-corrected chi connectivity index (χ2v) is 9.54. The van der Waals surface area contributed by atoms with E-state index in [0.29, 0.717) is 23.6 Å². The molecule has 0 radical (unpaired) electrons. The maximum Gasteiger partial charge on any atom is 0.155 e. The highest BCUT2D eigenvalue weighted by atomic mass is 19.1. The minimum Gasteiger partial charge on any atom is -0.492 e. The molecule has 0 atom stereocenters. The van der Waals surface area contributed by atoms with Crippen molar-refractivity contribution in [2.45, 2.75) is 6.92 Å². The lowest BCUT2D eigenvalue weighted by molar-refractivity contribution is 0.260. The molecule has 38 heavy (non-hydrogen) atoms. The zero-order valence-electron chi connectivity index (χ0n) is 21.3. The van der Waals surface area contributed by atoms with Crippen LogP contribution in [-0.2, 0) is 0 Å². The molecular weight excluding hydrogens is 481 g/mol. The Morgan fingerprint density at radius 3 is 2.63 bits per heavy atom. The van der Waals surface area contributed by atoms with Gasteiger partial charge < -0.3 is 14.6 Å². The average Bonchev–Trinajstić information content (AvgIpc) is 3.52. The molecule has 0 fully saturated rings. The Labute approximate surface area is 218 Å². The molecule has 0 saturated carbocycles. The van der Waals surface area contributed by atoms with Gasteiger partial charge in [-0.15, -0.1) is 0 Å². The van der Waals surface area contributed by atoms with E-state index < -0.39 is 0 Å². The molecule has 0 unspecified atom stereocenters. The Kier molecular flexibility index (Phi) is 6.05. The predicted octanol–water partition coefficient (Wildman–Crippen LogP) is 5.62. The van der Waals surface area contributed by atoms with Crippen molar-refractivity contribution in [1.82, 2.24) is 35.0 Å². The predicted molar refractivity (Wildman–Crippen MR) is 146 cm³/mol. The lowest BCUT2D eigenvalue weighted by Gasteiger charge is -2.12. The van der Waals surface area contributed by atoms with E-state index in [-0.39, 0.29) is 5.82 Å². The fourth-order valence-corrected chi connectivity index (χ4v) is 4.58. The SMILES string of the molecule is Cc1ccncc1-c1cnc2[nH]nc(-c3cc4c(-c5cc(F)cc(OCCN(C)C)c5)cncc4[nH]3)c2c1. The molecule has 8 nitrogen and oxygen atoms in total. The second-order valence-electron chi connectivity index (χ2n) is 9.54. The number of aryl methyl sites for hydroxylation is 1. The lowest BCUT2D eigenvalue weighted by Crippen LogP contribution is -2.19. The number of aromatic amines is 2. The zero-order chi connectivity index (χ0) is 26.2. The molecule has 2 N–H and O–H groups in total. The van der Waals surface area contributed by atoms with Gasteiger partial charge in [0.25, 0.3) is 0 Å². The van der Waals surface area contributed by atoms with Crippen molar-refractivity contribution in [3.63, 3.8) is 0 Å². The highest BCUT2D eigenvalue weighted by Gasteiger charge is 2.16. The van der Waals surface area contributed by atoms with E-state index in [1.54, 1.807) is 18.6 Å². The van der Waals surface area contributed by atoms with Crippen LogP contribution in [0.3, 0.4) is 0 Å². The monoisotopic (exact) mass is 507 g/mol. The summed E-state index contributed by atoms with van der Waals surface area (Å²) < 4.78 is 20.4. The van der Waals surface area contributed by atoms with Crippen LogP contribution in [0.5, 0.6) is 5.75 Å². The standard InChI is InChI=1S/C29H26FN7O/c1-17-4-5-31-14-24(17)19-10-23-28(35-36-29(23)33-13-19)26-12-22-25(15-32-16-27(22)34-26)18-8-20(30)11-21(9-18)38-7-6-37(2)3/h4-5,8-16,34H,6-7H2,1-3H3,(H,33,35,36). The van der Waals surface area contributed by atoms with Gasteiger partial charge in [0.1, 0.15) is 23.9 Å². The van der Waals surface area contributed by atoms with E-state index in [1.807, 2.05) is 49.6 Å². The first-order valence-corrected chi connectivity index (χ1v) is 12.3. The third kappa shape index (κ3) is 4.48. The number of likely N-dealkylation sites (N-methyl/N-ethyl adjacent to an activating group) is 1. The van der Waals surface area contributed by atoms with Gasteiger partial charge >= 0.3 is 0 Å². The summed E-state index contributed by atoms with van der Waals surface area (Å²) in [4.78, 5) is 18.7. The van der Waals surface area contributed by atoms with Crippen molar-refractivity contribution < 1.29 is 9.13 Å². The van der Waals surface area contributed by atoms with Crippen molar-refractivity contribution in [3.05, 3.63) is 78.8 Å². The first-order valence-electron chi connectivity index (χ1n) is 12.3. The Morgan fingerprint density at radius 1 is 0.921 bits per heavy atom. The zero-order valence-corrected chi connectivity index (χ0v) is 21.3. The summed E-state index contributed by atoms with van der Waals surface area (Å²) in [5.74, 6) is 0.120. The number of H-pyrrole nitrogens is 2. The number of pyridine rings is 3. The largest absolute Gasteiger partial charge is 0.492 e. The number of ether oxygens (including phenoxy) is 1. The Hall–Kier alpha value is -4.63. The summed E-state index contributed by atoms with van der Waals surface area (Å²) in [7, 11) is 3.94. The van der Waals surface area contributed by atoms with Gasteiger partial charge in [0.2, 0.25) is 0 Å². The van der Waals surface area contributed by atoms with Crippen LogP contribution in [0, 0.1) is 12.7 Å². The summed E-state index contributed by atoms with van der Waals surface area (Å²) in [5.41, 5.74) is 7.65. The van der Waals surface area contributed by atoms with Gasteiger partial charge in [-0.3, -0.25) is 15.1 Å². The van der Waals surface area contributed by atoms with Crippen LogP contribution in [0.25, 0.3) is 55.6 Å². The lowest BCUT2D eigenvalue weighted by atomic mass is 10.0. The molecule has 5 aromatic heterocycles. The summed E-state index contributed by atoms with van der Waals surface area (Å²) in [5, 5.41) is 9.38. The first kappa shape index (κ1) is 23.7. The van der Waals surface area contributed by atoms with E-state index in [0.717, 1.165) is 56.5 Å². The number of hydrogen-bond acceptors (Lipinski definition) is 6. The molecule has 0 aliphatic rings. The fourth-order valence-electron chi connectivity index (χ4n) is 4.58. The molecule has 0 bridgehead atoms. The maximum atomic E-state index is 14.6. The van der Waals surface area contributed by atoms with Gasteiger partial charge in [0.05, 0.1) is 17.4 Å². The number of rotatable bonds is 7. The van der Waals surface area contributed by atoms with E-state index in [2.05, 4.69) is 43.1 Å². The van der Waals surface area contributed by atoms with Gasteiger partial charge in [0, 0.05) is 64.9 Å². The number of nitrogens with zero attached hydrogens (tertiary/aromatic N) is 5. The third-order valence-corrected chi connectivity index (χ3v) is 6.56. The average molecular weight is 508 g/mol. The topological polar surface area (TPSA) is 95.6 Å². The Bertz CT molecular complexity index is 1770. The quantitative estimate of drug-likeness (QED) is 0.291. The van der Waals surface area contributed by atoms with Crippen LogP contribution >= 0.6 is 0 Å². The summed E-state index contributed by atoms with van der Waals surface area (Å²) >= 11 is 0. The van der Waals surface area contributed by atoms with Crippen molar-refractivity contribution in [2.24, 2.45) is 0 Å². The van der Waals surface area contributed by atoms with E-state index in [9.17, 15) is 4.39 Å². The van der Waals surface area contributed by atoms with E-state index in [1.165, 1.54) is 12.1 Å². The highest BCUT2D eigenvalue weighted by molar-refractivity contribution is 6.00. The summed E-state index contributed by atoms with van der Waals surface area (Å²) in [6, 6.07) is 10.8. The molecule has 190 valence electrons. The Morgan fingerprint density at radius 2 is 1.79 bits per heavy atom. The number of aromatic nitrogens is 6. The molecule has 6 rings (SSSR count). The van der Waals surface area contributed by atoms with Crippen LogP contribution in [0.1, 0.15) is 5.56 Å². The van der Waals surface area contributed by atoms with E-state index >= 15 is 0 Å². The second kappa shape index (κ2) is 9.68. The molecule has 5 heterocycles. The number of benzene rings is 1. The number of fused-ring (bicyclic) bond motifs is 2. The molecule has 1 aromatic carbocycles. The van der Waals surface area contributed by atoms with Crippen LogP contribution in [-0.4, -0.2) is 62.3 Å². The molecule has 0 aliphatic carbocycles. The number of hydrogen-bond donors (Lipinski definition) is 2. The van der Waals surface area contributed by atoms with Crippen LogP contribution in [0.2, 0.25) is 0 Å². The number of halogens is 1. The maximum absolute atomic E-state index is 14.6. The third-order valence-electron chi connectivity index (χ3n) is 6.56. The number of nitrogens with one attached hydrogen (secondary N) is 2. The van der Waals surface area contributed by atoms with Crippen LogP contribution in [0.4, 0.5) is 4.39 Å². The smallest absolute Gasteiger partial charge is 0.155 e. The highest BCUT2D eigenvalue weighted by Crippen LogP contribution is 2.35. The van der Waals surface area contributed by atoms with Gasteiger partial charge in [-0.05, 0) is 62.5 Å². The van der Waals surface area contributed by atoms with E-state index in [4.69, 9.17) is 4.74 Å². The molecule has 0 aliphatic heterocycles. The minimum absolute atomic E-state index is 0.363. The molecule has 0 saturated heterocycles. The van der Waals surface area contributed by atoms with Crippen molar-refractivity contribution in [1.29, 1.82) is 0 Å². The summed E-state index contributed by atoms with van der Waals surface area (Å²) in [6.45, 7) is 3.25. The van der Waals surface area contributed by atoms with Crippen molar-refractivity contribution >= 4 is 21.9 Å². The molecule has 0 spiro atoms. The van der Waals surface area contributed by atoms with Gasteiger partial charge in [0.15, 0.2) is 5.65 Å². The van der Waals surface area contributed by atoms with Crippen LogP contribution < -0.4 is 4.74 Å². The fraction of sp³-hybridized carbons (Fsp3) is 0.172. The van der Waals surface area contributed by atoms with Gasteiger partial charge in [-0.25, -0.2) is 9.37 Å². The van der Waals surface area contributed by atoms with Crippen molar-refractivity contribution in [3.8, 4) is 39.4 Å². The minimum atomic E-state index is -0.363. The molecule has 6 aromatic rings. The molecular formula is C29H26FN7O. The van der Waals surface area contributed by atoms with Crippen molar-refractivity contribution in [2.75, 3.05) is 27.2 Å².